The van der Waals surface area contributed by atoms with Crippen LogP contribution in [-0.4, -0.2) is 46.9 Å². The van der Waals surface area contributed by atoms with Crippen LogP contribution < -0.4 is 5.32 Å². The molecule has 0 aliphatic heterocycles. The average Bonchev–Trinajstić information content (AvgIpc) is 3.22. The van der Waals surface area contributed by atoms with Gasteiger partial charge in [-0.15, -0.1) is 0 Å². The van der Waals surface area contributed by atoms with Crippen molar-refractivity contribution in [1.29, 1.82) is 0 Å². The van der Waals surface area contributed by atoms with Crippen molar-refractivity contribution in [3.8, 4) is 0 Å². The summed E-state index contributed by atoms with van der Waals surface area (Å²) < 4.78 is 5.91. The summed E-state index contributed by atoms with van der Waals surface area (Å²) in [5, 5.41) is 23.7. The van der Waals surface area contributed by atoms with Gasteiger partial charge in [0, 0.05) is 6.42 Å². The highest BCUT2D eigenvalue weighted by molar-refractivity contribution is 5.77. The number of carbonyl (C=O) groups is 2. The fourth-order valence-electron chi connectivity index (χ4n) is 7.50. The Morgan fingerprint density at radius 3 is 1.41 bits per heavy atom. The second-order valence-corrected chi connectivity index (χ2v) is 16.9. The molecule has 0 radical (unpaired) electrons. The van der Waals surface area contributed by atoms with Gasteiger partial charge < -0.3 is 20.3 Å². The van der Waals surface area contributed by atoms with Crippen molar-refractivity contribution in [3.05, 3.63) is 48.6 Å². The number of nitrogens with one attached hydrogen (secondary N) is 1. The van der Waals surface area contributed by atoms with Gasteiger partial charge in [0.1, 0.15) is 6.10 Å². The molecular formula is C52H95NO5. The van der Waals surface area contributed by atoms with Crippen molar-refractivity contribution in [2.45, 2.75) is 264 Å². The van der Waals surface area contributed by atoms with Gasteiger partial charge in [0.25, 0.3) is 0 Å². The number of rotatable bonds is 44. The molecule has 6 nitrogen and oxygen atoms in total. The first-order valence-corrected chi connectivity index (χ1v) is 24.9. The number of ether oxygens (including phenoxy) is 1. The minimum absolute atomic E-state index is 0.0534. The van der Waals surface area contributed by atoms with Crippen molar-refractivity contribution in [3.63, 3.8) is 0 Å². The van der Waals surface area contributed by atoms with Crippen LogP contribution in [0.1, 0.15) is 245 Å². The summed E-state index contributed by atoms with van der Waals surface area (Å²) in [6.07, 6.45) is 54.6. The Kier molecular flexibility index (Phi) is 44.2. The lowest BCUT2D eigenvalue weighted by Gasteiger charge is -2.24. The third kappa shape index (κ3) is 40.6. The lowest BCUT2D eigenvalue weighted by Crippen LogP contribution is -2.46. The number of allylic oxidation sites excluding steroid dienone is 8. The van der Waals surface area contributed by atoms with Crippen LogP contribution in [0.3, 0.4) is 0 Å². The zero-order chi connectivity index (χ0) is 42.4. The van der Waals surface area contributed by atoms with Crippen molar-refractivity contribution >= 4 is 11.9 Å². The highest BCUT2D eigenvalue weighted by Crippen LogP contribution is 2.18. The van der Waals surface area contributed by atoms with Gasteiger partial charge in [-0.05, 0) is 44.9 Å². The van der Waals surface area contributed by atoms with Crippen LogP contribution in [0, 0.1) is 0 Å². The molecule has 3 unspecified atom stereocenters. The fourth-order valence-corrected chi connectivity index (χ4v) is 7.50. The molecule has 0 saturated carbocycles. The maximum atomic E-state index is 13.2. The number of aliphatic hydroxyl groups excluding tert-OH is 2. The molecule has 0 bridgehead atoms. The molecule has 0 aliphatic rings. The lowest BCUT2D eigenvalue weighted by molar-refractivity contribution is -0.151. The largest absolute Gasteiger partial charge is 0.462 e. The normalized spacial score (nSPS) is 13.7. The van der Waals surface area contributed by atoms with E-state index >= 15 is 0 Å². The molecule has 0 aliphatic carbocycles. The fraction of sp³-hybridized carbons (Fsp3) is 0.808. The van der Waals surface area contributed by atoms with Gasteiger partial charge in [-0.2, -0.15) is 0 Å². The van der Waals surface area contributed by atoms with E-state index in [4.69, 9.17) is 4.74 Å². The summed E-state index contributed by atoms with van der Waals surface area (Å²) in [6, 6.07) is -0.711. The molecule has 6 heteroatoms. The van der Waals surface area contributed by atoms with Crippen molar-refractivity contribution in [2.75, 3.05) is 6.61 Å². The third-order valence-corrected chi connectivity index (χ3v) is 11.3. The Balaban J connectivity index is 4.60. The topological polar surface area (TPSA) is 95.9 Å². The zero-order valence-electron chi connectivity index (χ0n) is 38.4. The first kappa shape index (κ1) is 55.8. The number of unbranched alkanes of at least 4 members (excludes halogenated alkanes) is 27. The Bertz CT molecular complexity index is 1000. The molecule has 3 N–H and O–H groups in total. The van der Waals surface area contributed by atoms with Crippen LogP contribution >= 0.6 is 0 Å². The third-order valence-electron chi connectivity index (χ3n) is 11.3. The summed E-state index contributed by atoms with van der Waals surface area (Å²) in [7, 11) is 0. The van der Waals surface area contributed by atoms with Gasteiger partial charge in [0.15, 0.2) is 0 Å². The number of amides is 1. The molecule has 3 atom stereocenters. The Morgan fingerprint density at radius 2 is 0.931 bits per heavy atom. The van der Waals surface area contributed by atoms with Crippen LogP contribution in [0.2, 0.25) is 0 Å². The quantitative estimate of drug-likeness (QED) is 0.0323. The van der Waals surface area contributed by atoms with E-state index in [0.29, 0.717) is 19.3 Å². The van der Waals surface area contributed by atoms with E-state index in [1.54, 1.807) is 0 Å². The second kappa shape index (κ2) is 45.9. The Labute approximate surface area is 359 Å². The van der Waals surface area contributed by atoms with E-state index < -0.39 is 18.2 Å². The van der Waals surface area contributed by atoms with Gasteiger partial charge in [0.05, 0.1) is 25.2 Å². The molecule has 0 aromatic rings. The standard InChI is InChI=1S/C52H95NO5/c1-4-7-10-13-16-19-22-24-25-26-28-30-33-36-39-42-45-52(57)58-48(43-40-37-34-31-29-27-23-20-17-14-11-8-5-2)46-51(56)53-49(47-54)50(55)44-41-38-35-32-21-18-15-12-9-6-3/h8,11,14,17,20,23,27,29,48-50,54-55H,4-7,9-10,12-13,15-16,18-19,21-22,24-26,28,30-47H2,1-3H3,(H,53,56)/b11-8+,17-14+,23-20+,29-27-. The summed E-state index contributed by atoms with van der Waals surface area (Å²) in [5.41, 5.74) is 0. The van der Waals surface area contributed by atoms with Crippen LogP contribution in [0.25, 0.3) is 0 Å². The monoisotopic (exact) mass is 814 g/mol. The molecule has 58 heavy (non-hydrogen) atoms. The maximum absolute atomic E-state index is 13.2. The molecule has 0 rings (SSSR count). The second-order valence-electron chi connectivity index (χ2n) is 16.9. The molecule has 0 spiro atoms. The van der Waals surface area contributed by atoms with Crippen molar-refractivity contribution in [2.24, 2.45) is 0 Å². The van der Waals surface area contributed by atoms with Gasteiger partial charge in [-0.3, -0.25) is 9.59 Å². The van der Waals surface area contributed by atoms with Crippen LogP contribution in [0.15, 0.2) is 48.6 Å². The van der Waals surface area contributed by atoms with E-state index in [2.05, 4.69) is 50.4 Å². The molecule has 338 valence electrons. The van der Waals surface area contributed by atoms with Crippen molar-refractivity contribution in [1.82, 2.24) is 5.32 Å². The van der Waals surface area contributed by atoms with Crippen LogP contribution in [0.5, 0.6) is 0 Å². The number of carbonyl (C=O) groups excluding carboxylic acids is 2. The van der Waals surface area contributed by atoms with E-state index in [1.807, 2.05) is 24.3 Å². The molecule has 0 saturated heterocycles. The molecule has 0 heterocycles. The first-order valence-electron chi connectivity index (χ1n) is 24.9. The van der Waals surface area contributed by atoms with Crippen LogP contribution in [-0.2, 0) is 14.3 Å². The lowest BCUT2D eigenvalue weighted by atomic mass is 10.0. The SMILES string of the molecule is CC/C=C/C=C/C=C/C=C\CCCCCC(CC(=O)NC(CO)C(O)CCCCCCCCCCCC)OC(=O)CCCCCCCCCCCCCCCCCC. The van der Waals surface area contributed by atoms with Gasteiger partial charge in [-0.1, -0.05) is 236 Å². The van der Waals surface area contributed by atoms with E-state index in [-0.39, 0.29) is 24.9 Å². The van der Waals surface area contributed by atoms with Gasteiger partial charge in [-0.25, -0.2) is 0 Å². The first-order chi connectivity index (χ1) is 28.5. The maximum Gasteiger partial charge on any atom is 0.306 e. The van der Waals surface area contributed by atoms with E-state index in [0.717, 1.165) is 70.6 Å². The molecule has 0 aromatic heterocycles. The number of aliphatic hydroxyl groups is 2. The minimum atomic E-state index is -0.796. The Morgan fingerprint density at radius 1 is 0.517 bits per heavy atom. The van der Waals surface area contributed by atoms with Crippen LogP contribution in [0.4, 0.5) is 0 Å². The molecule has 1 amide bonds. The minimum Gasteiger partial charge on any atom is -0.462 e. The molecule has 0 aromatic carbocycles. The van der Waals surface area contributed by atoms with Gasteiger partial charge >= 0.3 is 5.97 Å². The molecule has 0 fully saturated rings. The Hall–Kier alpha value is -2.18. The molecular weight excluding hydrogens is 719 g/mol. The highest BCUT2D eigenvalue weighted by atomic mass is 16.5. The number of hydrogen-bond acceptors (Lipinski definition) is 5. The summed E-state index contributed by atoms with van der Waals surface area (Å²) >= 11 is 0. The van der Waals surface area contributed by atoms with E-state index in [1.165, 1.54) is 128 Å². The number of hydrogen-bond donors (Lipinski definition) is 3. The smallest absolute Gasteiger partial charge is 0.306 e. The predicted molar refractivity (Wildman–Crippen MR) is 250 cm³/mol. The summed E-state index contributed by atoms with van der Waals surface area (Å²) in [4.78, 5) is 26.1. The predicted octanol–water partition coefficient (Wildman–Crippen LogP) is 14.7. The summed E-state index contributed by atoms with van der Waals surface area (Å²) in [5.74, 6) is -0.507. The number of esters is 1. The van der Waals surface area contributed by atoms with Gasteiger partial charge in [0.2, 0.25) is 5.91 Å². The average molecular weight is 814 g/mol. The van der Waals surface area contributed by atoms with E-state index in [9.17, 15) is 19.8 Å². The summed E-state index contributed by atoms with van der Waals surface area (Å²) in [6.45, 7) is 6.32. The van der Waals surface area contributed by atoms with Crippen molar-refractivity contribution < 1.29 is 24.5 Å². The highest BCUT2D eigenvalue weighted by Gasteiger charge is 2.24. The zero-order valence-corrected chi connectivity index (χ0v) is 38.4.